The molecule has 0 fully saturated rings. The third-order valence-electron chi connectivity index (χ3n) is 2.43. The number of rotatable bonds is 6. The Bertz CT molecular complexity index is 325. The van der Waals surface area contributed by atoms with Gasteiger partial charge in [-0.1, -0.05) is 0 Å². The average molecular weight is 250 g/mol. The largest absolute Gasteiger partial charge is 0.353 e. The van der Waals surface area contributed by atoms with Gasteiger partial charge in [0.15, 0.2) is 9.84 Å². The molecular weight excluding hydrogens is 228 g/mol. The van der Waals surface area contributed by atoms with Crippen LogP contribution in [0.2, 0.25) is 0 Å². The normalized spacial score (nSPS) is 15.9. The Hall–Kier alpha value is -0.620. The lowest BCUT2D eigenvalue weighted by Crippen LogP contribution is -2.44. The number of carbonyl (C=O) groups excluding carboxylic acids is 1. The van der Waals surface area contributed by atoms with Crippen LogP contribution in [0.4, 0.5) is 0 Å². The highest BCUT2D eigenvalue weighted by atomic mass is 32.2. The molecule has 0 heterocycles. The Kier molecular flexibility index (Phi) is 5.96. The fraction of sp³-hybridized carbons (Fsp3) is 0.900. The zero-order chi connectivity index (χ0) is 12.9. The molecule has 5 nitrogen and oxygen atoms in total. The molecule has 2 atom stereocenters. The van der Waals surface area contributed by atoms with Crippen molar-refractivity contribution in [1.82, 2.24) is 5.32 Å². The molecule has 3 N–H and O–H groups in total. The van der Waals surface area contributed by atoms with E-state index in [9.17, 15) is 13.2 Å². The number of nitrogens with two attached hydrogens (primary N) is 1. The molecule has 0 rings (SSSR count). The summed E-state index contributed by atoms with van der Waals surface area (Å²) in [5, 5.41) is 1.00. The van der Waals surface area contributed by atoms with Crippen molar-refractivity contribution in [2.45, 2.75) is 50.7 Å². The number of hydrogen-bond acceptors (Lipinski definition) is 4. The molecule has 96 valence electrons. The van der Waals surface area contributed by atoms with Gasteiger partial charge in [0.25, 0.3) is 0 Å². The summed E-state index contributed by atoms with van der Waals surface area (Å²) in [7, 11) is -3.44. The molecule has 0 saturated carbocycles. The molecule has 0 aromatic heterocycles. The molecule has 0 aromatic carbocycles. The lowest BCUT2D eigenvalue weighted by atomic mass is 10.3. The van der Waals surface area contributed by atoms with Gasteiger partial charge in [-0.05, 0) is 40.7 Å². The van der Waals surface area contributed by atoms with Crippen LogP contribution in [0, 0.1) is 0 Å². The molecule has 0 radical (unpaired) electrons. The Morgan fingerprint density at radius 3 is 2.12 bits per heavy atom. The van der Waals surface area contributed by atoms with E-state index < -0.39 is 26.2 Å². The first-order valence-corrected chi connectivity index (χ1v) is 7.07. The Morgan fingerprint density at radius 2 is 1.75 bits per heavy atom. The topological polar surface area (TPSA) is 89.3 Å². The molecule has 0 aliphatic carbocycles. The van der Waals surface area contributed by atoms with Crippen LogP contribution >= 0.6 is 0 Å². The van der Waals surface area contributed by atoms with Gasteiger partial charge < -0.3 is 11.1 Å². The van der Waals surface area contributed by atoms with Crippen molar-refractivity contribution < 1.29 is 13.2 Å². The Balaban J connectivity index is 4.69. The van der Waals surface area contributed by atoms with Crippen LogP contribution in [0.1, 0.15) is 34.1 Å². The summed E-state index contributed by atoms with van der Waals surface area (Å²) in [6.45, 7) is 6.89. The van der Waals surface area contributed by atoms with Crippen LogP contribution in [0.15, 0.2) is 0 Å². The number of nitrogens with one attached hydrogen (secondary N) is 1. The van der Waals surface area contributed by atoms with Crippen LogP contribution in [-0.2, 0) is 14.6 Å². The zero-order valence-corrected chi connectivity index (χ0v) is 11.2. The molecule has 0 aliphatic rings. The lowest BCUT2D eigenvalue weighted by Gasteiger charge is -2.19. The highest BCUT2D eigenvalue weighted by Crippen LogP contribution is 2.12. The monoisotopic (exact) mass is 250 g/mol. The van der Waals surface area contributed by atoms with Gasteiger partial charge in [-0.15, -0.1) is 0 Å². The predicted octanol–water partition coefficient (Wildman–Crippen LogP) is 0.0516. The van der Waals surface area contributed by atoms with E-state index in [1.165, 1.54) is 6.92 Å². The quantitative estimate of drug-likeness (QED) is 0.697. The third kappa shape index (κ3) is 4.09. The second kappa shape index (κ2) is 6.20. The molecule has 0 bridgehead atoms. The van der Waals surface area contributed by atoms with Crippen LogP contribution in [0.3, 0.4) is 0 Å². The first kappa shape index (κ1) is 15.4. The number of carbonyl (C=O) groups is 1. The summed E-state index contributed by atoms with van der Waals surface area (Å²) >= 11 is 0. The van der Waals surface area contributed by atoms with Crippen molar-refractivity contribution in [1.29, 1.82) is 0 Å². The maximum atomic E-state index is 11.9. The van der Waals surface area contributed by atoms with Crippen LogP contribution in [0.25, 0.3) is 0 Å². The van der Waals surface area contributed by atoms with E-state index >= 15 is 0 Å². The van der Waals surface area contributed by atoms with Crippen molar-refractivity contribution in [3.63, 3.8) is 0 Å². The molecular formula is C10H22N2O3S. The van der Waals surface area contributed by atoms with Crippen LogP contribution in [-0.4, -0.2) is 37.4 Å². The van der Waals surface area contributed by atoms with E-state index in [4.69, 9.17) is 5.73 Å². The molecule has 16 heavy (non-hydrogen) atoms. The van der Waals surface area contributed by atoms with E-state index in [2.05, 4.69) is 5.32 Å². The molecule has 2 unspecified atom stereocenters. The molecule has 6 heteroatoms. The molecule has 0 saturated heterocycles. The maximum absolute atomic E-state index is 11.9. The number of hydrogen-bond donors (Lipinski definition) is 2. The standard InChI is InChI=1S/C10H22N2O3S/c1-7(2)12-10(13)9(4)16(14,15)8(3)5-6-11/h7-9H,5-6,11H2,1-4H3,(H,12,13). The molecule has 0 aliphatic heterocycles. The lowest BCUT2D eigenvalue weighted by molar-refractivity contribution is -0.120. The first-order valence-electron chi connectivity index (χ1n) is 5.46. The maximum Gasteiger partial charge on any atom is 0.238 e. The van der Waals surface area contributed by atoms with Crippen molar-refractivity contribution >= 4 is 15.7 Å². The van der Waals surface area contributed by atoms with Gasteiger partial charge >= 0.3 is 0 Å². The average Bonchev–Trinajstić information content (AvgIpc) is 2.15. The van der Waals surface area contributed by atoms with Crippen molar-refractivity contribution in [3.8, 4) is 0 Å². The van der Waals surface area contributed by atoms with Gasteiger partial charge in [-0.25, -0.2) is 8.42 Å². The summed E-state index contributed by atoms with van der Waals surface area (Å²) < 4.78 is 23.9. The van der Waals surface area contributed by atoms with Crippen molar-refractivity contribution in [2.75, 3.05) is 6.54 Å². The van der Waals surface area contributed by atoms with Gasteiger partial charge in [0, 0.05) is 6.04 Å². The third-order valence-corrected chi connectivity index (χ3v) is 4.98. The number of amides is 1. The first-order chi connectivity index (χ1) is 7.23. The molecule has 0 aromatic rings. The van der Waals surface area contributed by atoms with Gasteiger partial charge in [0.1, 0.15) is 5.25 Å². The summed E-state index contributed by atoms with van der Waals surface area (Å²) in [6, 6.07) is -0.0602. The van der Waals surface area contributed by atoms with E-state index in [0.29, 0.717) is 13.0 Å². The van der Waals surface area contributed by atoms with Crippen LogP contribution < -0.4 is 11.1 Å². The summed E-state index contributed by atoms with van der Waals surface area (Å²) in [5.74, 6) is -0.445. The fourth-order valence-electron chi connectivity index (χ4n) is 1.30. The minimum Gasteiger partial charge on any atom is -0.353 e. The van der Waals surface area contributed by atoms with E-state index in [0.717, 1.165) is 0 Å². The zero-order valence-electron chi connectivity index (χ0n) is 10.4. The Morgan fingerprint density at radius 1 is 1.25 bits per heavy atom. The summed E-state index contributed by atoms with van der Waals surface area (Å²) in [4.78, 5) is 11.6. The van der Waals surface area contributed by atoms with Crippen LogP contribution in [0.5, 0.6) is 0 Å². The summed E-state index contributed by atoms with van der Waals surface area (Å²) in [5.41, 5.74) is 5.32. The van der Waals surface area contributed by atoms with Gasteiger partial charge in [-0.3, -0.25) is 4.79 Å². The van der Waals surface area contributed by atoms with Crippen molar-refractivity contribution in [3.05, 3.63) is 0 Å². The second-order valence-corrected chi connectivity index (χ2v) is 6.97. The van der Waals surface area contributed by atoms with E-state index in [1.807, 2.05) is 0 Å². The minimum absolute atomic E-state index is 0.0602. The predicted molar refractivity (Wildman–Crippen MR) is 64.8 cm³/mol. The molecule has 0 spiro atoms. The highest BCUT2D eigenvalue weighted by Gasteiger charge is 2.32. The SMILES string of the molecule is CC(C)NC(=O)C(C)S(=O)(=O)C(C)CCN. The van der Waals surface area contributed by atoms with Crippen molar-refractivity contribution in [2.24, 2.45) is 5.73 Å². The van der Waals surface area contributed by atoms with Gasteiger partial charge in [0.2, 0.25) is 5.91 Å². The van der Waals surface area contributed by atoms with E-state index in [1.54, 1.807) is 20.8 Å². The van der Waals surface area contributed by atoms with E-state index in [-0.39, 0.29) is 6.04 Å². The smallest absolute Gasteiger partial charge is 0.238 e. The van der Waals surface area contributed by atoms with Gasteiger partial charge in [-0.2, -0.15) is 0 Å². The second-order valence-electron chi connectivity index (χ2n) is 4.28. The van der Waals surface area contributed by atoms with Gasteiger partial charge in [0.05, 0.1) is 5.25 Å². The highest BCUT2D eigenvalue weighted by molar-refractivity contribution is 7.93. The fourth-order valence-corrected chi connectivity index (χ4v) is 2.83. The molecule has 1 amide bonds. The summed E-state index contributed by atoms with van der Waals surface area (Å²) in [6.07, 6.45) is 0.377. The number of sulfone groups is 1. The minimum atomic E-state index is -3.44. The Labute approximate surface area is 97.7 Å².